The van der Waals surface area contributed by atoms with Gasteiger partial charge in [-0.3, -0.25) is 0 Å². The van der Waals surface area contributed by atoms with E-state index in [2.05, 4.69) is 13.0 Å². The number of rotatable bonds is 4. The summed E-state index contributed by atoms with van der Waals surface area (Å²) < 4.78 is 39.0. The zero-order valence-corrected chi connectivity index (χ0v) is 11.8. The van der Waals surface area contributed by atoms with Gasteiger partial charge < -0.3 is 0 Å². The number of hydrogen-bond donors (Lipinski definition) is 0. The predicted molar refractivity (Wildman–Crippen MR) is 74.9 cm³/mol. The van der Waals surface area contributed by atoms with Crippen LogP contribution in [-0.2, 0) is 6.42 Å². The highest BCUT2D eigenvalue weighted by Gasteiger charge is 2.17. The normalized spacial score (nSPS) is 18.6. The van der Waals surface area contributed by atoms with E-state index < -0.39 is 17.5 Å². The SMILES string of the molecule is CC(/C=C\Cc1cc(F)c(F)c(F)c1)C1CCCCC1. The maximum atomic E-state index is 13.1. The molecule has 0 radical (unpaired) electrons. The van der Waals surface area contributed by atoms with E-state index in [1.165, 1.54) is 32.1 Å². The van der Waals surface area contributed by atoms with Crippen LogP contribution >= 0.6 is 0 Å². The summed E-state index contributed by atoms with van der Waals surface area (Å²) in [5.41, 5.74) is 0.466. The van der Waals surface area contributed by atoms with Crippen LogP contribution in [0, 0.1) is 29.3 Å². The molecule has 1 aliphatic rings. The first-order valence-electron chi connectivity index (χ1n) is 7.38. The van der Waals surface area contributed by atoms with Crippen LogP contribution in [0.15, 0.2) is 24.3 Å². The maximum Gasteiger partial charge on any atom is 0.194 e. The van der Waals surface area contributed by atoms with Crippen molar-refractivity contribution in [3.63, 3.8) is 0 Å². The van der Waals surface area contributed by atoms with Gasteiger partial charge in [-0.05, 0) is 48.8 Å². The largest absolute Gasteiger partial charge is 0.204 e. The first-order chi connectivity index (χ1) is 9.58. The van der Waals surface area contributed by atoms with Gasteiger partial charge in [0.05, 0.1) is 0 Å². The predicted octanol–water partition coefficient (Wildman–Crippen LogP) is 5.42. The summed E-state index contributed by atoms with van der Waals surface area (Å²) in [6, 6.07) is 2.13. The van der Waals surface area contributed by atoms with E-state index >= 15 is 0 Å². The summed E-state index contributed by atoms with van der Waals surface area (Å²) in [6.45, 7) is 2.19. The van der Waals surface area contributed by atoms with Gasteiger partial charge in [-0.15, -0.1) is 0 Å². The van der Waals surface area contributed by atoms with Crippen molar-refractivity contribution in [1.82, 2.24) is 0 Å². The molecule has 0 nitrogen and oxygen atoms in total. The summed E-state index contributed by atoms with van der Waals surface area (Å²) in [5, 5.41) is 0. The molecule has 1 fully saturated rings. The van der Waals surface area contributed by atoms with Crippen molar-refractivity contribution in [2.24, 2.45) is 11.8 Å². The Labute approximate surface area is 118 Å². The van der Waals surface area contributed by atoms with Crippen LogP contribution in [0.3, 0.4) is 0 Å². The lowest BCUT2D eigenvalue weighted by molar-refractivity contribution is 0.299. The third-order valence-electron chi connectivity index (χ3n) is 4.23. The Kier molecular flexibility index (Phi) is 5.27. The lowest BCUT2D eigenvalue weighted by Crippen LogP contribution is -2.13. The van der Waals surface area contributed by atoms with Crippen LogP contribution in [0.4, 0.5) is 13.2 Å². The van der Waals surface area contributed by atoms with Gasteiger partial charge in [-0.25, -0.2) is 13.2 Å². The van der Waals surface area contributed by atoms with Crippen LogP contribution in [0.5, 0.6) is 0 Å². The van der Waals surface area contributed by atoms with Gasteiger partial charge in [0, 0.05) is 0 Å². The first-order valence-corrected chi connectivity index (χ1v) is 7.38. The average molecular weight is 282 g/mol. The van der Waals surface area contributed by atoms with Crippen molar-refractivity contribution in [1.29, 1.82) is 0 Å². The van der Waals surface area contributed by atoms with E-state index in [-0.39, 0.29) is 0 Å². The minimum Gasteiger partial charge on any atom is -0.204 e. The molecule has 110 valence electrons. The van der Waals surface area contributed by atoms with Gasteiger partial charge in [0.1, 0.15) is 0 Å². The van der Waals surface area contributed by atoms with E-state index in [0.717, 1.165) is 18.1 Å². The highest BCUT2D eigenvalue weighted by atomic mass is 19.2. The van der Waals surface area contributed by atoms with E-state index in [1.54, 1.807) is 0 Å². The summed E-state index contributed by atoms with van der Waals surface area (Å²) in [6.07, 6.45) is 11.0. The molecule has 2 rings (SSSR count). The molecular weight excluding hydrogens is 261 g/mol. The first kappa shape index (κ1) is 15.1. The van der Waals surface area contributed by atoms with E-state index in [1.807, 2.05) is 6.08 Å². The van der Waals surface area contributed by atoms with E-state index in [4.69, 9.17) is 0 Å². The highest BCUT2D eigenvalue weighted by molar-refractivity contribution is 5.21. The molecule has 0 bridgehead atoms. The number of hydrogen-bond acceptors (Lipinski definition) is 0. The molecule has 1 unspecified atom stereocenters. The van der Waals surface area contributed by atoms with Crippen LogP contribution in [0.2, 0.25) is 0 Å². The molecule has 20 heavy (non-hydrogen) atoms. The fraction of sp³-hybridized carbons (Fsp3) is 0.529. The Balaban J connectivity index is 1.92. The molecule has 1 aliphatic carbocycles. The second kappa shape index (κ2) is 6.96. The fourth-order valence-corrected chi connectivity index (χ4v) is 2.96. The Morgan fingerprint density at radius 3 is 2.30 bits per heavy atom. The zero-order chi connectivity index (χ0) is 14.5. The number of allylic oxidation sites excluding steroid dienone is 2. The molecule has 1 aromatic rings. The molecule has 3 heteroatoms. The van der Waals surface area contributed by atoms with Gasteiger partial charge >= 0.3 is 0 Å². The molecule has 1 atom stereocenters. The minimum atomic E-state index is -1.40. The molecule has 0 saturated heterocycles. The molecule has 1 saturated carbocycles. The number of benzene rings is 1. The van der Waals surface area contributed by atoms with Crippen molar-refractivity contribution in [3.05, 3.63) is 47.3 Å². The van der Waals surface area contributed by atoms with Gasteiger partial charge in [0.25, 0.3) is 0 Å². The zero-order valence-electron chi connectivity index (χ0n) is 11.8. The summed E-state index contributed by atoms with van der Waals surface area (Å²) in [4.78, 5) is 0. The van der Waals surface area contributed by atoms with Crippen LogP contribution < -0.4 is 0 Å². The smallest absolute Gasteiger partial charge is 0.194 e. The molecule has 0 aromatic heterocycles. The maximum absolute atomic E-state index is 13.1. The summed E-state index contributed by atoms with van der Waals surface area (Å²) in [7, 11) is 0. The van der Waals surface area contributed by atoms with Gasteiger partial charge in [-0.2, -0.15) is 0 Å². The molecule has 0 N–H and O–H groups in total. The van der Waals surface area contributed by atoms with Crippen molar-refractivity contribution < 1.29 is 13.2 Å². The number of halogens is 3. The molecular formula is C17H21F3. The average Bonchev–Trinajstić information content (AvgIpc) is 2.45. The van der Waals surface area contributed by atoms with Crippen LogP contribution in [0.25, 0.3) is 0 Å². The van der Waals surface area contributed by atoms with Crippen LogP contribution in [0.1, 0.15) is 44.6 Å². The Hall–Kier alpha value is -1.25. The van der Waals surface area contributed by atoms with Crippen molar-refractivity contribution in [3.8, 4) is 0 Å². The molecule has 0 heterocycles. The topological polar surface area (TPSA) is 0 Å². The molecule has 1 aromatic carbocycles. The highest BCUT2D eigenvalue weighted by Crippen LogP contribution is 2.30. The quantitative estimate of drug-likeness (QED) is 0.511. The van der Waals surface area contributed by atoms with Gasteiger partial charge in [0.15, 0.2) is 17.5 Å². The Morgan fingerprint density at radius 2 is 1.70 bits per heavy atom. The second-order valence-corrected chi connectivity index (χ2v) is 5.76. The van der Waals surface area contributed by atoms with Crippen molar-refractivity contribution >= 4 is 0 Å². The monoisotopic (exact) mass is 282 g/mol. The second-order valence-electron chi connectivity index (χ2n) is 5.76. The third kappa shape index (κ3) is 3.87. The molecule has 0 amide bonds. The Bertz CT molecular complexity index is 450. The van der Waals surface area contributed by atoms with Gasteiger partial charge in [-0.1, -0.05) is 38.3 Å². The fourth-order valence-electron chi connectivity index (χ4n) is 2.96. The lowest BCUT2D eigenvalue weighted by atomic mass is 9.80. The van der Waals surface area contributed by atoms with E-state index in [9.17, 15) is 13.2 Å². The summed E-state index contributed by atoms with van der Waals surface area (Å²) in [5.74, 6) is -2.41. The van der Waals surface area contributed by atoms with Gasteiger partial charge in [0.2, 0.25) is 0 Å². The molecule has 0 aliphatic heterocycles. The van der Waals surface area contributed by atoms with Crippen molar-refractivity contribution in [2.75, 3.05) is 0 Å². The third-order valence-corrected chi connectivity index (χ3v) is 4.23. The molecule has 0 spiro atoms. The minimum absolute atomic E-state index is 0.436. The standard InChI is InChI=1S/C17H21F3/c1-12(14-8-3-2-4-9-14)6-5-7-13-10-15(18)17(20)16(19)11-13/h5-6,10-12,14H,2-4,7-9H2,1H3/b6-5-. The van der Waals surface area contributed by atoms with Crippen molar-refractivity contribution in [2.45, 2.75) is 45.4 Å². The van der Waals surface area contributed by atoms with E-state index in [0.29, 0.717) is 17.9 Å². The Morgan fingerprint density at radius 1 is 1.10 bits per heavy atom. The lowest BCUT2D eigenvalue weighted by Gasteiger charge is -2.25. The van der Waals surface area contributed by atoms with Crippen LogP contribution in [-0.4, -0.2) is 0 Å². The summed E-state index contributed by atoms with van der Waals surface area (Å²) >= 11 is 0.